The number of hydrogen-bond donors (Lipinski definition) is 3. The SMILES string of the molecule is O=C(O)c1ccc(CNC2CCC(O)CC2)cc1. The minimum absolute atomic E-state index is 0.127. The average Bonchev–Trinajstić information content (AvgIpc) is 2.38. The molecule has 18 heavy (non-hydrogen) atoms. The second kappa shape index (κ2) is 5.98. The molecule has 4 nitrogen and oxygen atoms in total. The number of aliphatic hydroxyl groups excluding tert-OH is 1. The molecule has 0 heterocycles. The summed E-state index contributed by atoms with van der Waals surface area (Å²) in [6, 6.07) is 7.41. The van der Waals surface area contributed by atoms with E-state index in [0.717, 1.165) is 37.8 Å². The maximum absolute atomic E-state index is 10.7. The van der Waals surface area contributed by atoms with Crippen LogP contribution in [0.15, 0.2) is 24.3 Å². The first-order chi connectivity index (χ1) is 8.65. The molecule has 0 bridgehead atoms. The van der Waals surface area contributed by atoms with Crippen LogP contribution in [0.1, 0.15) is 41.6 Å². The summed E-state index contributed by atoms with van der Waals surface area (Å²) in [5.41, 5.74) is 1.41. The molecule has 0 aliphatic heterocycles. The van der Waals surface area contributed by atoms with E-state index in [1.807, 2.05) is 12.1 Å². The van der Waals surface area contributed by atoms with E-state index in [2.05, 4.69) is 5.32 Å². The molecule has 1 fully saturated rings. The van der Waals surface area contributed by atoms with Gasteiger partial charge in [0.1, 0.15) is 0 Å². The summed E-state index contributed by atoms with van der Waals surface area (Å²) in [6.45, 7) is 0.751. The monoisotopic (exact) mass is 249 g/mol. The van der Waals surface area contributed by atoms with Gasteiger partial charge in [-0.1, -0.05) is 12.1 Å². The van der Waals surface area contributed by atoms with Gasteiger partial charge in [0, 0.05) is 12.6 Å². The van der Waals surface area contributed by atoms with Gasteiger partial charge in [-0.25, -0.2) is 4.79 Å². The fourth-order valence-corrected chi connectivity index (χ4v) is 2.31. The summed E-state index contributed by atoms with van der Waals surface area (Å²) in [6.07, 6.45) is 3.63. The molecule has 0 atom stereocenters. The van der Waals surface area contributed by atoms with Crippen LogP contribution >= 0.6 is 0 Å². The van der Waals surface area contributed by atoms with E-state index < -0.39 is 5.97 Å². The van der Waals surface area contributed by atoms with Crippen molar-refractivity contribution in [2.45, 2.75) is 44.4 Å². The Morgan fingerprint density at radius 1 is 1.17 bits per heavy atom. The predicted molar refractivity (Wildman–Crippen MR) is 68.5 cm³/mol. The van der Waals surface area contributed by atoms with Crippen LogP contribution in [-0.2, 0) is 6.54 Å². The normalized spacial score (nSPS) is 23.8. The van der Waals surface area contributed by atoms with E-state index in [1.54, 1.807) is 12.1 Å². The fourth-order valence-electron chi connectivity index (χ4n) is 2.31. The Kier molecular flexibility index (Phi) is 4.33. The van der Waals surface area contributed by atoms with Crippen LogP contribution in [0, 0.1) is 0 Å². The topological polar surface area (TPSA) is 69.6 Å². The van der Waals surface area contributed by atoms with Gasteiger partial charge in [-0.05, 0) is 43.4 Å². The molecule has 0 amide bonds. The summed E-state index contributed by atoms with van der Waals surface area (Å²) in [5, 5.41) is 21.7. The Balaban J connectivity index is 1.81. The molecule has 98 valence electrons. The third-order valence-corrected chi connectivity index (χ3v) is 3.49. The van der Waals surface area contributed by atoms with Crippen LogP contribution in [-0.4, -0.2) is 28.3 Å². The number of aliphatic hydroxyl groups is 1. The first-order valence-corrected chi connectivity index (χ1v) is 6.39. The van der Waals surface area contributed by atoms with Crippen molar-refractivity contribution in [3.8, 4) is 0 Å². The Hall–Kier alpha value is -1.39. The summed E-state index contributed by atoms with van der Waals surface area (Å²) in [4.78, 5) is 10.7. The van der Waals surface area contributed by atoms with E-state index in [9.17, 15) is 9.90 Å². The molecule has 3 N–H and O–H groups in total. The highest BCUT2D eigenvalue weighted by molar-refractivity contribution is 5.87. The second-order valence-corrected chi connectivity index (χ2v) is 4.89. The third-order valence-electron chi connectivity index (χ3n) is 3.49. The van der Waals surface area contributed by atoms with Crippen molar-refractivity contribution in [1.29, 1.82) is 0 Å². The number of nitrogens with one attached hydrogen (secondary N) is 1. The molecule has 1 saturated carbocycles. The van der Waals surface area contributed by atoms with Crippen molar-refractivity contribution >= 4 is 5.97 Å². The minimum Gasteiger partial charge on any atom is -0.478 e. The number of aromatic carboxylic acids is 1. The summed E-state index contributed by atoms with van der Waals surface area (Å²) in [7, 11) is 0. The van der Waals surface area contributed by atoms with Crippen LogP contribution in [0.4, 0.5) is 0 Å². The van der Waals surface area contributed by atoms with E-state index in [4.69, 9.17) is 5.11 Å². The second-order valence-electron chi connectivity index (χ2n) is 4.89. The minimum atomic E-state index is -0.893. The zero-order chi connectivity index (χ0) is 13.0. The molecule has 0 spiro atoms. The Labute approximate surface area is 107 Å². The molecular formula is C14H19NO3. The van der Waals surface area contributed by atoms with Gasteiger partial charge < -0.3 is 15.5 Å². The molecule has 0 aromatic heterocycles. The van der Waals surface area contributed by atoms with Crippen LogP contribution in [0.3, 0.4) is 0 Å². The Morgan fingerprint density at radius 2 is 1.78 bits per heavy atom. The summed E-state index contributed by atoms with van der Waals surface area (Å²) < 4.78 is 0. The molecule has 1 aromatic rings. The first kappa shape index (κ1) is 13.1. The first-order valence-electron chi connectivity index (χ1n) is 6.39. The van der Waals surface area contributed by atoms with Gasteiger partial charge in [-0.15, -0.1) is 0 Å². The summed E-state index contributed by atoms with van der Waals surface area (Å²) >= 11 is 0. The van der Waals surface area contributed by atoms with Crippen LogP contribution < -0.4 is 5.32 Å². The smallest absolute Gasteiger partial charge is 0.335 e. The standard InChI is InChI=1S/C14H19NO3/c16-13-7-5-12(6-8-13)15-9-10-1-3-11(4-2-10)14(17)18/h1-4,12-13,15-16H,5-9H2,(H,17,18). The van der Waals surface area contributed by atoms with Gasteiger partial charge in [-0.2, -0.15) is 0 Å². The van der Waals surface area contributed by atoms with E-state index in [0.29, 0.717) is 11.6 Å². The van der Waals surface area contributed by atoms with Crippen LogP contribution in [0.2, 0.25) is 0 Å². The van der Waals surface area contributed by atoms with Crippen LogP contribution in [0.5, 0.6) is 0 Å². The van der Waals surface area contributed by atoms with Gasteiger partial charge in [0.15, 0.2) is 0 Å². The highest BCUT2D eigenvalue weighted by atomic mass is 16.4. The highest BCUT2D eigenvalue weighted by Gasteiger charge is 2.18. The maximum atomic E-state index is 10.7. The number of benzene rings is 1. The Bertz CT molecular complexity index is 394. The quantitative estimate of drug-likeness (QED) is 0.760. The lowest BCUT2D eigenvalue weighted by Gasteiger charge is -2.26. The lowest BCUT2D eigenvalue weighted by Crippen LogP contribution is -2.34. The number of carboxylic acids is 1. The number of carboxylic acid groups (broad SMARTS) is 1. The van der Waals surface area contributed by atoms with Crippen molar-refractivity contribution in [1.82, 2.24) is 5.32 Å². The van der Waals surface area contributed by atoms with Gasteiger partial charge in [-0.3, -0.25) is 0 Å². The van der Waals surface area contributed by atoms with Crippen molar-refractivity contribution in [2.75, 3.05) is 0 Å². The molecule has 1 aromatic carbocycles. The molecule has 2 rings (SSSR count). The van der Waals surface area contributed by atoms with Crippen molar-refractivity contribution in [2.24, 2.45) is 0 Å². The molecule has 4 heteroatoms. The fraction of sp³-hybridized carbons (Fsp3) is 0.500. The predicted octanol–water partition coefficient (Wildman–Crippen LogP) is 1.78. The van der Waals surface area contributed by atoms with Crippen molar-refractivity contribution in [3.63, 3.8) is 0 Å². The zero-order valence-electron chi connectivity index (χ0n) is 10.3. The molecule has 0 radical (unpaired) electrons. The van der Waals surface area contributed by atoms with Gasteiger partial charge in [0.05, 0.1) is 11.7 Å². The molecular weight excluding hydrogens is 230 g/mol. The number of carbonyl (C=O) groups is 1. The average molecular weight is 249 g/mol. The Morgan fingerprint density at radius 3 is 2.33 bits per heavy atom. The highest BCUT2D eigenvalue weighted by Crippen LogP contribution is 2.18. The lowest BCUT2D eigenvalue weighted by atomic mass is 9.93. The molecule has 1 aliphatic carbocycles. The van der Waals surface area contributed by atoms with E-state index >= 15 is 0 Å². The maximum Gasteiger partial charge on any atom is 0.335 e. The molecule has 0 unspecified atom stereocenters. The number of hydrogen-bond acceptors (Lipinski definition) is 3. The van der Waals surface area contributed by atoms with Crippen LogP contribution in [0.25, 0.3) is 0 Å². The lowest BCUT2D eigenvalue weighted by molar-refractivity contribution is 0.0697. The number of rotatable bonds is 4. The largest absolute Gasteiger partial charge is 0.478 e. The van der Waals surface area contributed by atoms with Gasteiger partial charge in [0.25, 0.3) is 0 Å². The molecule has 1 aliphatic rings. The molecule has 0 saturated heterocycles. The van der Waals surface area contributed by atoms with E-state index in [1.165, 1.54) is 0 Å². The van der Waals surface area contributed by atoms with Crippen molar-refractivity contribution < 1.29 is 15.0 Å². The van der Waals surface area contributed by atoms with Crippen molar-refractivity contribution in [3.05, 3.63) is 35.4 Å². The van der Waals surface area contributed by atoms with E-state index in [-0.39, 0.29) is 6.10 Å². The van der Waals surface area contributed by atoms with Gasteiger partial charge in [0.2, 0.25) is 0 Å². The summed E-state index contributed by atoms with van der Waals surface area (Å²) in [5.74, 6) is -0.893. The van der Waals surface area contributed by atoms with Gasteiger partial charge >= 0.3 is 5.97 Å². The zero-order valence-corrected chi connectivity index (χ0v) is 10.3. The third kappa shape index (κ3) is 3.55.